The summed E-state index contributed by atoms with van der Waals surface area (Å²) in [4.78, 5) is 18.4. The molecular weight excluding hydrogens is 412 g/mol. The third-order valence-corrected chi connectivity index (χ3v) is 5.95. The molecule has 0 saturated carbocycles. The minimum Gasteiger partial charge on any atom is -0.395 e. The molecule has 2 aliphatic heterocycles. The Labute approximate surface area is 184 Å². The highest BCUT2D eigenvalue weighted by Gasteiger charge is 2.20. The van der Waals surface area contributed by atoms with Crippen LogP contribution in [-0.2, 0) is 0 Å². The first kappa shape index (κ1) is 20.7. The molecule has 32 heavy (non-hydrogen) atoms. The largest absolute Gasteiger partial charge is 0.395 e. The minimum atomic E-state index is -0.893. The van der Waals surface area contributed by atoms with E-state index >= 15 is 0 Å². The van der Waals surface area contributed by atoms with Crippen molar-refractivity contribution in [3.63, 3.8) is 0 Å². The Kier molecular flexibility index (Phi) is 5.63. The van der Waals surface area contributed by atoms with Crippen LogP contribution in [0.25, 0.3) is 16.6 Å². The number of hydrogen-bond donors (Lipinski definition) is 1. The van der Waals surface area contributed by atoms with E-state index in [0.29, 0.717) is 24.4 Å². The van der Waals surface area contributed by atoms with E-state index in [1.165, 1.54) is 12.1 Å². The van der Waals surface area contributed by atoms with Crippen molar-refractivity contribution in [2.75, 3.05) is 50.8 Å². The Morgan fingerprint density at radius 3 is 2.56 bits per heavy atom. The fraction of sp³-hybridized carbons (Fsp3) is 0.292. The summed E-state index contributed by atoms with van der Waals surface area (Å²) in [5, 5.41) is 9.13. The summed E-state index contributed by atoms with van der Waals surface area (Å²) < 4.78 is 27.1. The molecule has 164 valence electrons. The van der Waals surface area contributed by atoms with Gasteiger partial charge >= 0.3 is 0 Å². The summed E-state index contributed by atoms with van der Waals surface area (Å²) in [5.41, 5.74) is 5.26. The number of halogens is 2. The van der Waals surface area contributed by atoms with Crippen molar-refractivity contribution >= 4 is 28.0 Å². The van der Waals surface area contributed by atoms with Gasteiger partial charge in [0, 0.05) is 43.9 Å². The fourth-order valence-electron chi connectivity index (χ4n) is 4.22. The van der Waals surface area contributed by atoms with Crippen LogP contribution in [0.1, 0.15) is 11.3 Å². The van der Waals surface area contributed by atoms with E-state index in [4.69, 9.17) is 10.1 Å². The molecule has 0 unspecified atom stereocenters. The van der Waals surface area contributed by atoms with Crippen LogP contribution in [0.5, 0.6) is 0 Å². The van der Waals surface area contributed by atoms with Gasteiger partial charge in [0.15, 0.2) is 11.6 Å². The molecule has 0 aliphatic carbocycles. The first-order chi connectivity index (χ1) is 15.6. The summed E-state index contributed by atoms with van der Waals surface area (Å²) in [6, 6.07) is 9.67. The van der Waals surface area contributed by atoms with E-state index in [0.717, 1.165) is 60.2 Å². The van der Waals surface area contributed by atoms with Crippen LogP contribution in [0.2, 0.25) is 0 Å². The average molecular weight is 435 g/mol. The van der Waals surface area contributed by atoms with Crippen molar-refractivity contribution in [1.29, 1.82) is 0 Å². The lowest BCUT2D eigenvalue weighted by molar-refractivity contribution is 0.189. The maximum Gasteiger partial charge on any atom is 0.159 e. The monoisotopic (exact) mass is 435 g/mol. The highest BCUT2D eigenvalue weighted by atomic mass is 19.2. The van der Waals surface area contributed by atoms with Gasteiger partial charge in [0.05, 0.1) is 47.5 Å². The number of aliphatic hydroxyl groups is 1. The van der Waals surface area contributed by atoms with Crippen molar-refractivity contribution in [2.45, 2.75) is 0 Å². The number of aliphatic hydroxyl groups excluding tert-OH is 1. The number of aliphatic imine (C=N–C) groups is 1. The number of rotatable bonds is 5. The maximum atomic E-state index is 13.8. The molecule has 1 fully saturated rings. The SMILES string of the molecule is OCCN1CCN(c2cnc3ccc(C4=CCN=C4c4ccc(F)c(F)c4)nc3c2)CC1. The van der Waals surface area contributed by atoms with Gasteiger partial charge < -0.3 is 10.0 Å². The van der Waals surface area contributed by atoms with Gasteiger partial charge in [-0.2, -0.15) is 0 Å². The van der Waals surface area contributed by atoms with Gasteiger partial charge in [0.1, 0.15) is 0 Å². The first-order valence-corrected chi connectivity index (χ1v) is 10.7. The lowest BCUT2D eigenvalue weighted by Crippen LogP contribution is -2.47. The van der Waals surface area contributed by atoms with Crippen LogP contribution in [0.4, 0.5) is 14.5 Å². The zero-order chi connectivity index (χ0) is 22.1. The van der Waals surface area contributed by atoms with E-state index in [1.54, 1.807) is 0 Å². The predicted molar refractivity (Wildman–Crippen MR) is 121 cm³/mol. The molecule has 2 aromatic heterocycles. The molecule has 0 radical (unpaired) electrons. The van der Waals surface area contributed by atoms with Crippen LogP contribution in [0.15, 0.2) is 53.7 Å². The summed E-state index contributed by atoms with van der Waals surface area (Å²) >= 11 is 0. The lowest BCUT2D eigenvalue weighted by Gasteiger charge is -2.35. The summed E-state index contributed by atoms with van der Waals surface area (Å²) in [6.07, 6.45) is 3.82. The van der Waals surface area contributed by atoms with Crippen LogP contribution >= 0.6 is 0 Å². The zero-order valence-electron chi connectivity index (χ0n) is 17.5. The van der Waals surface area contributed by atoms with Crippen molar-refractivity contribution in [3.8, 4) is 0 Å². The Hall–Kier alpha value is -3.23. The molecule has 8 heteroatoms. The highest BCUT2D eigenvalue weighted by molar-refractivity contribution is 6.32. The Morgan fingerprint density at radius 2 is 1.78 bits per heavy atom. The van der Waals surface area contributed by atoms with E-state index in [1.807, 2.05) is 30.5 Å². The Bertz CT molecular complexity index is 1220. The number of benzene rings is 1. The van der Waals surface area contributed by atoms with Gasteiger partial charge in [-0.3, -0.25) is 14.9 Å². The van der Waals surface area contributed by atoms with E-state index < -0.39 is 11.6 Å². The number of hydrogen-bond acceptors (Lipinski definition) is 6. The van der Waals surface area contributed by atoms with Crippen molar-refractivity contribution in [1.82, 2.24) is 14.9 Å². The second-order valence-corrected chi connectivity index (χ2v) is 7.92. The Morgan fingerprint density at radius 1 is 0.938 bits per heavy atom. The molecule has 5 rings (SSSR count). The number of piperazine rings is 1. The normalized spacial score (nSPS) is 17.0. The molecule has 0 spiro atoms. The summed E-state index contributed by atoms with van der Waals surface area (Å²) in [5.74, 6) is -1.77. The molecular formula is C24H23F2N5O. The number of nitrogens with zero attached hydrogens (tertiary/aromatic N) is 5. The maximum absolute atomic E-state index is 13.8. The standard InChI is InChI=1S/C24H23F2N5O/c25-19-2-1-16(13-20(19)26)24-18(5-6-27-24)21-3-4-22-23(29-21)14-17(15-28-22)31-9-7-30(8-10-31)11-12-32/h1-5,13-15,32H,6-12H2. The second kappa shape index (κ2) is 8.72. The number of pyridine rings is 2. The molecule has 1 aromatic carbocycles. The quantitative estimate of drug-likeness (QED) is 0.668. The molecule has 0 atom stereocenters. The number of fused-ring (bicyclic) bond motifs is 1. The number of aromatic nitrogens is 2. The van der Waals surface area contributed by atoms with Gasteiger partial charge in [-0.1, -0.05) is 6.08 Å². The average Bonchev–Trinajstić information content (AvgIpc) is 3.31. The van der Waals surface area contributed by atoms with E-state index in [9.17, 15) is 8.78 Å². The number of anilines is 1. The zero-order valence-corrected chi connectivity index (χ0v) is 17.5. The first-order valence-electron chi connectivity index (χ1n) is 10.7. The predicted octanol–water partition coefficient (Wildman–Crippen LogP) is 2.91. The number of allylic oxidation sites excluding steroid dienone is 1. The van der Waals surface area contributed by atoms with Gasteiger partial charge in [0.2, 0.25) is 0 Å². The topological polar surface area (TPSA) is 64.8 Å². The van der Waals surface area contributed by atoms with Crippen molar-refractivity contribution in [2.24, 2.45) is 4.99 Å². The van der Waals surface area contributed by atoms with Gasteiger partial charge in [0.25, 0.3) is 0 Å². The third-order valence-electron chi connectivity index (χ3n) is 5.95. The Balaban J connectivity index is 1.42. The van der Waals surface area contributed by atoms with Gasteiger partial charge in [-0.25, -0.2) is 13.8 Å². The number of β-amino-alcohol motifs (C(OH)–C–C–N with tert-alkyl or cyclic N) is 1. The van der Waals surface area contributed by atoms with Crippen LogP contribution < -0.4 is 4.90 Å². The van der Waals surface area contributed by atoms with Crippen LogP contribution in [-0.4, -0.2) is 71.6 Å². The summed E-state index contributed by atoms with van der Waals surface area (Å²) in [6.45, 7) is 4.87. The van der Waals surface area contributed by atoms with Crippen LogP contribution in [0.3, 0.4) is 0 Å². The highest BCUT2D eigenvalue weighted by Crippen LogP contribution is 2.27. The molecule has 0 bridgehead atoms. The fourth-order valence-corrected chi connectivity index (χ4v) is 4.22. The van der Waals surface area contributed by atoms with Gasteiger partial charge in [-0.15, -0.1) is 0 Å². The molecule has 1 saturated heterocycles. The van der Waals surface area contributed by atoms with Gasteiger partial charge in [-0.05, 0) is 36.4 Å². The lowest BCUT2D eigenvalue weighted by atomic mass is 10.00. The smallest absolute Gasteiger partial charge is 0.159 e. The third kappa shape index (κ3) is 3.99. The summed E-state index contributed by atoms with van der Waals surface area (Å²) in [7, 11) is 0. The molecule has 4 heterocycles. The second-order valence-electron chi connectivity index (χ2n) is 7.92. The van der Waals surface area contributed by atoms with Crippen molar-refractivity contribution < 1.29 is 13.9 Å². The minimum absolute atomic E-state index is 0.177. The molecule has 6 nitrogen and oxygen atoms in total. The molecule has 3 aromatic rings. The van der Waals surface area contributed by atoms with E-state index in [2.05, 4.69) is 19.8 Å². The molecule has 1 N–H and O–H groups in total. The van der Waals surface area contributed by atoms with Crippen molar-refractivity contribution in [3.05, 3.63) is 71.6 Å². The van der Waals surface area contributed by atoms with E-state index in [-0.39, 0.29) is 6.61 Å². The molecule has 0 amide bonds. The van der Waals surface area contributed by atoms with Crippen LogP contribution in [0, 0.1) is 11.6 Å². The molecule has 2 aliphatic rings.